The second kappa shape index (κ2) is 11.7. The number of aromatic nitrogens is 4. The summed E-state index contributed by atoms with van der Waals surface area (Å²) in [6.07, 6.45) is 9.73. The maximum Gasteiger partial charge on any atom is 0.257 e. The lowest BCUT2D eigenvalue weighted by molar-refractivity contribution is -0.130. The summed E-state index contributed by atoms with van der Waals surface area (Å²) in [6, 6.07) is 14.8. The Bertz CT molecular complexity index is 1770. The number of likely N-dealkylation sites (tertiary alicyclic amines) is 1. The van der Waals surface area contributed by atoms with Gasteiger partial charge < -0.3 is 15.5 Å². The number of fused-ring (bicyclic) bond motifs is 2. The number of likely N-dealkylation sites (N-methyl/N-ethyl adjacent to an activating group) is 1. The molecule has 0 radical (unpaired) electrons. The van der Waals surface area contributed by atoms with E-state index in [9.17, 15) is 9.59 Å². The van der Waals surface area contributed by atoms with Gasteiger partial charge in [0.05, 0.1) is 16.3 Å². The van der Waals surface area contributed by atoms with Gasteiger partial charge in [-0.2, -0.15) is 0 Å². The van der Waals surface area contributed by atoms with Crippen molar-refractivity contribution in [3.8, 4) is 11.3 Å². The summed E-state index contributed by atoms with van der Waals surface area (Å²) in [7, 11) is 3.93. The first-order chi connectivity index (χ1) is 20.4. The van der Waals surface area contributed by atoms with Crippen LogP contribution in [-0.4, -0.2) is 68.2 Å². The minimum Gasteiger partial charge on any atom is -0.382 e. The number of hydrogen-bond donors (Lipinski definition) is 2. The van der Waals surface area contributed by atoms with E-state index in [4.69, 9.17) is 10.7 Å². The molecule has 6 rings (SSSR count). The summed E-state index contributed by atoms with van der Waals surface area (Å²) in [4.78, 5) is 44.3. The second-order valence-electron chi connectivity index (χ2n) is 10.6. The van der Waals surface area contributed by atoms with Gasteiger partial charge >= 0.3 is 0 Å². The number of carbonyl (C=O) groups excluding carboxylic acids is 2. The van der Waals surface area contributed by atoms with E-state index >= 15 is 0 Å². The van der Waals surface area contributed by atoms with Crippen LogP contribution in [0, 0.1) is 0 Å². The highest BCUT2D eigenvalue weighted by atomic mass is 32.1. The van der Waals surface area contributed by atoms with Crippen molar-refractivity contribution in [1.82, 2.24) is 29.2 Å². The van der Waals surface area contributed by atoms with Gasteiger partial charge in [-0.25, -0.2) is 15.0 Å². The largest absolute Gasteiger partial charge is 0.382 e. The average Bonchev–Trinajstić information content (AvgIpc) is 3.59. The quantitative estimate of drug-likeness (QED) is 0.260. The topological polar surface area (TPSA) is 122 Å². The molecule has 0 unspecified atom stereocenters. The highest BCUT2D eigenvalue weighted by Gasteiger charge is 2.31. The van der Waals surface area contributed by atoms with Gasteiger partial charge in [0.1, 0.15) is 22.9 Å². The Balaban J connectivity index is 1.34. The Hall–Kier alpha value is -4.61. The van der Waals surface area contributed by atoms with Gasteiger partial charge in [-0.05, 0) is 57.6 Å². The molecule has 0 saturated carbocycles. The van der Waals surface area contributed by atoms with E-state index in [1.807, 2.05) is 77.0 Å². The molecule has 3 N–H and O–H groups in total. The van der Waals surface area contributed by atoms with Crippen molar-refractivity contribution in [2.45, 2.75) is 25.3 Å². The molecule has 2 aromatic carbocycles. The summed E-state index contributed by atoms with van der Waals surface area (Å²) in [5.41, 5.74) is 9.72. The summed E-state index contributed by atoms with van der Waals surface area (Å²) < 4.78 is 2.94. The molecule has 0 bridgehead atoms. The average molecular weight is 581 g/mol. The van der Waals surface area contributed by atoms with Crippen molar-refractivity contribution < 1.29 is 9.59 Å². The number of nitrogens with zero attached hydrogens (tertiary/aromatic N) is 6. The van der Waals surface area contributed by atoms with Crippen LogP contribution in [0.5, 0.6) is 0 Å². The number of thiazole rings is 1. The monoisotopic (exact) mass is 580 g/mol. The van der Waals surface area contributed by atoms with Crippen molar-refractivity contribution in [1.29, 1.82) is 0 Å². The van der Waals surface area contributed by atoms with Gasteiger partial charge in [0, 0.05) is 42.7 Å². The van der Waals surface area contributed by atoms with Crippen LogP contribution in [-0.2, 0) is 4.79 Å². The van der Waals surface area contributed by atoms with Crippen LogP contribution in [0.2, 0.25) is 0 Å². The van der Waals surface area contributed by atoms with Crippen LogP contribution in [0.4, 0.5) is 10.9 Å². The van der Waals surface area contributed by atoms with Gasteiger partial charge in [0.25, 0.3) is 5.91 Å². The number of piperidine rings is 1. The first kappa shape index (κ1) is 27.6. The molecule has 4 heterocycles. The first-order valence-corrected chi connectivity index (χ1v) is 14.7. The lowest BCUT2D eigenvalue weighted by atomic mass is 10.0. The third kappa shape index (κ3) is 5.48. The van der Waals surface area contributed by atoms with Crippen molar-refractivity contribution in [3.63, 3.8) is 0 Å². The Morgan fingerprint density at radius 1 is 1.14 bits per heavy atom. The molecular formula is C31H32N8O2S. The highest BCUT2D eigenvalue weighted by Crippen LogP contribution is 2.36. The van der Waals surface area contributed by atoms with Crippen LogP contribution in [0.15, 0.2) is 73.1 Å². The Labute approximate surface area is 247 Å². The zero-order valence-corrected chi connectivity index (χ0v) is 24.3. The maximum atomic E-state index is 13.3. The molecule has 3 aromatic heterocycles. The molecule has 42 heavy (non-hydrogen) atoms. The SMILES string of the molecule is CN(C)C/C=C/C(=O)N1CCCC[C@H]1c1nc(-c2cccc(C(=O)Nc3nc4ccccc4s3)c2)c2c(N)nccn12. The summed E-state index contributed by atoms with van der Waals surface area (Å²) in [5, 5.41) is 3.46. The molecule has 1 atom stereocenters. The predicted octanol–water partition coefficient (Wildman–Crippen LogP) is 5.01. The van der Waals surface area contributed by atoms with Crippen molar-refractivity contribution in [3.05, 3.63) is 84.5 Å². The summed E-state index contributed by atoms with van der Waals surface area (Å²) >= 11 is 1.43. The van der Waals surface area contributed by atoms with Gasteiger partial charge in [-0.15, -0.1) is 0 Å². The van der Waals surface area contributed by atoms with Crippen molar-refractivity contribution in [2.24, 2.45) is 0 Å². The lowest BCUT2D eigenvalue weighted by Crippen LogP contribution is -2.38. The van der Waals surface area contributed by atoms with Crippen LogP contribution in [0.1, 0.15) is 41.5 Å². The molecule has 1 aliphatic rings. The number of anilines is 2. The molecule has 1 saturated heterocycles. The van der Waals surface area contributed by atoms with Crippen LogP contribution >= 0.6 is 11.3 Å². The number of amides is 2. The number of imidazole rings is 1. The normalized spacial score (nSPS) is 15.7. The van der Waals surface area contributed by atoms with E-state index < -0.39 is 0 Å². The molecular weight excluding hydrogens is 548 g/mol. The number of benzene rings is 2. The zero-order chi connectivity index (χ0) is 29.2. The number of para-hydroxylation sites is 1. The van der Waals surface area contributed by atoms with E-state index in [-0.39, 0.29) is 17.9 Å². The lowest BCUT2D eigenvalue weighted by Gasteiger charge is -2.34. The number of nitrogens with one attached hydrogen (secondary N) is 1. The smallest absolute Gasteiger partial charge is 0.257 e. The zero-order valence-electron chi connectivity index (χ0n) is 23.5. The third-order valence-corrected chi connectivity index (χ3v) is 8.29. The molecule has 5 aromatic rings. The van der Waals surface area contributed by atoms with Gasteiger partial charge in [0.15, 0.2) is 5.13 Å². The maximum absolute atomic E-state index is 13.3. The van der Waals surface area contributed by atoms with Crippen LogP contribution in [0.3, 0.4) is 0 Å². The fraction of sp³-hybridized carbons (Fsp3) is 0.258. The Kier molecular flexibility index (Phi) is 7.68. The van der Waals surface area contributed by atoms with E-state index in [1.54, 1.807) is 24.4 Å². The summed E-state index contributed by atoms with van der Waals surface area (Å²) in [5.74, 6) is 0.761. The highest BCUT2D eigenvalue weighted by molar-refractivity contribution is 7.22. The van der Waals surface area contributed by atoms with E-state index in [0.717, 1.165) is 40.9 Å². The number of hydrogen-bond acceptors (Lipinski definition) is 8. The van der Waals surface area contributed by atoms with Gasteiger partial charge in [-0.3, -0.25) is 19.3 Å². The molecule has 1 fully saturated rings. The minimum atomic E-state index is -0.265. The van der Waals surface area contributed by atoms with Crippen LogP contribution < -0.4 is 11.1 Å². The van der Waals surface area contributed by atoms with E-state index in [1.165, 1.54) is 11.3 Å². The molecule has 1 aliphatic heterocycles. The molecule has 11 heteroatoms. The molecule has 214 valence electrons. The van der Waals surface area contributed by atoms with E-state index in [0.29, 0.717) is 40.8 Å². The molecule has 10 nitrogen and oxygen atoms in total. The fourth-order valence-electron chi connectivity index (χ4n) is 5.35. The number of rotatable bonds is 7. The predicted molar refractivity (Wildman–Crippen MR) is 166 cm³/mol. The van der Waals surface area contributed by atoms with Gasteiger partial charge in [0.2, 0.25) is 5.91 Å². The summed E-state index contributed by atoms with van der Waals surface area (Å²) in [6.45, 7) is 1.34. The standard InChI is InChI=1S/C31H32N8O2S/c1-37(2)16-8-14-25(40)38-17-6-5-12-23(38)29-35-26(27-28(32)33-15-18-39(27)29)20-9-7-10-21(19-20)30(41)36-31-34-22-11-3-4-13-24(22)42-31/h3-4,7-11,13-15,18-19,23H,5-6,12,16-17H2,1-2H3,(H2,32,33)(H,34,36,41)/b14-8+/t23-/m0/s1. The molecule has 0 spiro atoms. The van der Waals surface area contributed by atoms with Crippen molar-refractivity contribution >= 4 is 49.8 Å². The second-order valence-corrected chi connectivity index (χ2v) is 11.6. The van der Waals surface area contributed by atoms with E-state index in [2.05, 4.69) is 15.3 Å². The molecule has 2 amide bonds. The Morgan fingerprint density at radius 3 is 2.83 bits per heavy atom. The van der Waals surface area contributed by atoms with Crippen LogP contribution in [0.25, 0.3) is 27.0 Å². The van der Waals surface area contributed by atoms with Gasteiger partial charge in [-0.1, -0.05) is 41.7 Å². The first-order valence-electron chi connectivity index (χ1n) is 13.9. The minimum absolute atomic E-state index is 0.0320. The fourth-order valence-corrected chi connectivity index (χ4v) is 6.21. The third-order valence-electron chi connectivity index (χ3n) is 7.34. The number of nitrogens with two attached hydrogens (primary N) is 1. The Morgan fingerprint density at radius 2 is 2.00 bits per heavy atom. The van der Waals surface area contributed by atoms with Crippen molar-refractivity contribution in [2.75, 3.05) is 38.2 Å². The number of carbonyl (C=O) groups is 2. The number of nitrogen functional groups attached to an aromatic ring is 1. The molecule has 0 aliphatic carbocycles.